The highest BCUT2D eigenvalue weighted by Gasteiger charge is 2.35. The number of nitrogens with one attached hydrogen (secondary N) is 1. The lowest BCUT2D eigenvalue weighted by Crippen LogP contribution is -2.38. The number of thiazole rings is 1. The number of carbonyl (C=O) groups is 1. The van der Waals surface area contributed by atoms with Crippen LogP contribution in [0.3, 0.4) is 0 Å². The minimum absolute atomic E-state index is 0.235. The number of rotatable bonds is 2. The van der Waals surface area contributed by atoms with Crippen molar-refractivity contribution in [2.45, 2.75) is 38.8 Å². The SMILES string of the molecule is Cc1ncsc1CN1C[C@H]2CCCC(=O)N[C@H]2C1. The number of nitrogens with zero attached hydrogens (tertiary/aromatic N) is 2. The fourth-order valence-corrected chi connectivity index (χ4v) is 3.85. The predicted molar refractivity (Wildman–Crippen MR) is 71.4 cm³/mol. The molecule has 2 atom stereocenters. The monoisotopic (exact) mass is 265 g/mol. The molecule has 4 nitrogen and oxygen atoms in total. The molecule has 0 aliphatic carbocycles. The highest BCUT2D eigenvalue weighted by atomic mass is 32.1. The number of fused-ring (bicyclic) bond motifs is 1. The zero-order valence-electron chi connectivity index (χ0n) is 10.7. The van der Waals surface area contributed by atoms with Gasteiger partial charge in [0.1, 0.15) is 0 Å². The minimum atomic E-state index is 0.235. The Morgan fingerprint density at radius 1 is 1.56 bits per heavy atom. The summed E-state index contributed by atoms with van der Waals surface area (Å²) in [6, 6.07) is 0.369. The van der Waals surface area contributed by atoms with Crippen LogP contribution in [-0.2, 0) is 11.3 Å². The summed E-state index contributed by atoms with van der Waals surface area (Å²) in [6.07, 6.45) is 2.93. The van der Waals surface area contributed by atoms with Crippen LogP contribution in [-0.4, -0.2) is 34.9 Å². The second-order valence-electron chi connectivity index (χ2n) is 5.38. The summed E-state index contributed by atoms with van der Waals surface area (Å²) >= 11 is 1.73. The van der Waals surface area contributed by atoms with Crippen LogP contribution in [0.25, 0.3) is 0 Å². The zero-order chi connectivity index (χ0) is 12.5. The van der Waals surface area contributed by atoms with Crippen molar-refractivity contribution >= 4 is 17.2 Å². The van der Waals surface area contributed by atoms with Crippen molar-refractivity contribution in [2.24, 2.45) is 5.92 Å². The number of amides is 1. The summed E-state index contributed by atoms with van der Waals surface area (Å²) < 4.78 is 0. The lowest BCUT2D eigenvalue weighted by molar-refractivity contribution is -0.121. The molecule has 1 aromatic heterocycles. The number of aromatic nitrogens is 1. The predicted octanol–water partition coefficient (Wildman–Crippen LogP) is 1.55. The van der Waals surface area contributed by atoms with Crippen LogP contribution in [0.1, 0.15) is 29.8 Å². The first kappa shape index (κ1) is 12.1. The van der Waals surface area contributed by atoms with Gasteiger partial charge >= 0.3 is 0 Å². The molecule has 0 aromatic carbocycles. The molecule has 0 saturated carbocycles. The van der Waals surface area contributed by atoms with Crippen LogP contribution in [0.4, 0.5) is 0 Å². The van der Waals surface area contributed by atoms with E-state index in [1.165, 1.54) is 11.3 Å². The van der Waals surface area contributed by atoms with Crippen LogP contribution in [0.15, 0.2) is 5.51 Å². The number of hydrogen-bond donors (Lipinski definition) is 1. The van der Waals surface area contributed by atoms with Gasteiger partial charge in [0, 0.05) is 37.0 Å². The molecule has 2 saturated heterocycles. The summed E-state index contributed by atoms with van der Waals surface area (Å²) in [6.45, 7) is 5.16. The molecule has 1 aromatic rings. The van der Waals surface area contributed by atoms with Gasteiger partial charge in [-0.15, -0.1) is 11.3 Å². The van der Waals surface area contributed by atoms with Crippen molar-refractivity contribution in [3.63, 3.8) is 0 Å². The third-order valence-electron chi connectivity index (χ3n) is 4.05. The molecule has 1 amide bonds. The summed E-state index contributed by atoms with van der Waals surface area (Å²) in [5.74, 6) is 0.878. The molecule has 1 N–H and O–H groups in total. The fraction of sp³-hybridized carbons (Fsp3) is 0.692. The van der Waals surface area contributed by atoms with Crippen LogP contribution in [0.5, 0.6) is 0 Å². The van der Waals surface area contributed by atoms with Gasteiger partial charge in [-0.2, -0.15) is 0 Å². The Labute approximate surface area is 111 Å². The number of aryl methyl sites for hydroxylation is 1. The van der Waals surface area contributed by atoms with Gasteiger partial charge in [-0.25, -0.2) is 4.98 Å². The molecule has 3 heterocycles. The zero-order valence-corrected chi connectivity index (χ0v) is 11.5. The average Bonchev–Trinajstić information content (AvgIpc) is 2.84. The van der Waals surface area contributed by atoms with Crippen LogP contribution < -0.4 is 5.32 Å². The Balaban J connectivity index is 1.64. The Morgan fingerprint density at radius 2 is 2.44 bits per heavy atom. The van der Waals surface area contributed by atoms with E-state index in [0.29, 0.717) is 18.4 Å². The third kappa shape index (κ3) is 2.42. The van der Waals surface area contributed by atoms with Crippen LogP contribution in [0.2, 0.25) is 0 Å². The molecule has 0 radical (unpaired) electrons. The van der Waals surface area contributed by atoms with E-state index in [1.807, 2.05) is 5.51 Å². The van der Waals surface area contributed by atoms with Gasteiger partial charge in [-0.05, 0) is 25.7 Å². The molecule has 2 aliphatic heterocycles. The first-order valence-electron chi connectivity index (χ1n) is 6.63. The van der Waals surface area contributed by atoms with Crippen molar-refractivity contribution in [3.8, 4) is 0 Å². The van der Waals surface area contributed by atoms with E-state index in [0.717, 1.165) is 31.7 Å². The van der Waals surface area contributed by atoms with Gasteiger partial charge < -0.3 is 5.32 Å². The van der Waals surface area contributed by atoms with E-state index >= 15 is 0 Å². The molecule has 5 heteroatoms. The van der Waals surface area contributed by atoms with Gasteiger partial charge in [0.25, 0.3) is 0 Å². The second kappa shape index (κ2) is 4.97. The van der Waals surface area contributed by atoms with Crippen molar-refractivity contribution in [1.29, 1.82) is 0 Å². The van der Waals surface area contributed by atoms with E-state index in [-0.39, 0.29) is 5.91 Å². The number of carbonyl (C=O) groups excluding carboxylic acids is 1. The highest BCUT2D eigenvalue weighted by Crippen LogP contribution is 2.27. The molecule has 2 aliphatic rings. The third-order valence-corrected chi connectivity index (χ3v) is 4.97. The lowest BCUT2D eigenvalue weighted by atomic mass is 9.99. The Kier molecular flexibility index (Phi) is 3.35. The number of hydrogen-bond acceptors (Lipinski definition) is 4. The van der Waals surface area contributed by atoms with E-state index < -0.39 is 0 Å². The first-order valence-corrected chi connectivity index (χ1v) is 7.51. The molecule has 0 unspecified atom stereocenters. The Morgan fingerprint density at radius 3 is 3.22 bits per heavy atom. The number of likely N-dealkylation sites (tertiary alicyclic amines) is 1. The summed E-state index contributed by atoms with van der Waals surface area (Å²) in [7, 11) is 0. The Hall–Kier alpha value is -0.940. The van der Waals surface area contributed by atoms with Gasteiger partial charge in [0.15, 0.2) is 0 Å². The van der Waals surface area contributed by atoms with Crippen molar-refractivity contribution in [3.05, 3.63) is 16.1 Å². The van der Waals surface area contributed by atoms with Crippen molar-refractivity contribution < 1.29 is 4.79 Å². The molecular formula is C13H19N3OS. The van der Waals surface area contributed by atoms with Crippen LogP contribution in [0, 0.1) is 12.8 Å². The maximum Gasteiger partial charge on any atom is 0.220 e. The average molecular weight is 265 g/mol. The van der Waals surface area contributed by atoms with Gasteiger partial charge in [-0.1, -0.05) is 0 Å². The highest BCUT2D eigenvalue weighted by molar-refractivity contribution is 7.09. The lowest BCUT2D eigenvalue weighted by Gasteiger charge is -2.15. The first-order chi connectivity index (χ1) is 8.72. The van der Waals surface area contributed by atoms with E-state index in [1.54, 1.807) is 11.3 Å². The standard InChI is InChI=1S/C13H19N3OS/c1-9-12(18-8-14-9)7-16-5-10-3-2-4-13(17)15-11(10)6-16/h8,10-11H,2-7H2,1H3,(H,15,17)/t10-,11+/m1/s1. The van der Waals surface area contributed by atoms with Gasteiger partial charge in [0.05, 0.1) is 11.2 Å². The summed E-state index contributed by atoms with van der Waals surface area (Å²) in [5, 5.41) is 3.17. The Bertz CT molecular complexity index is 445. The molecule has 2 fully saturated rings. The van der Waals surface area contributed by atoms with Crippen molar-refractivity contribution in [2.75, 3.05) is 13.1 Å². The van der Waals surface area contributed by atoms with Crippen molar-refractivity contribution in [1.82, 2.24) is 15.2 Å². The maximum atomic E-state index is 11.6. The summed E-state index contributed by atoms with van der Waals surface area (Å²) in [5.41, 5.74) is 3.07. The van der Waals surface area contributed by atoms with E-state index in [2.05, 4.69) is 22.1 Å². The van der Waals surface area contributed by atoms with E-state index in [4.69, 9.17) is 0 Å². The normalized spacial score (nSPS) is 28.8. The largest absolute Gasteiger partial charge is 0.352 e. The molecule has 0 spiro atoms. The van der Waals surface area contributed by atoms with Gasteiger partial charge in [0.2, 0.25) is 5.91 Å². The van der Waals surface area contributed by atoms with Crippen LogP contribution >= 0.6 is 11.3 Å². The molecule has 98 valence electrons. The quantitative estimate of drug-likeness (QED) is 0.882. The molecule has 18 heavy (non-hydrogen) atoms. The second-order valence-corrected chi connectivity index (χ2v) is 6.32. The maximum absolute atomic E-state index is 11.6. The smallest absolute Gasteiger partial charge is 0.220 e. The van der Waals surface area contributed by atoms with Gasteiger partial charge in [-0.3, -0.25) is 9.69 Å². The topological polar surface area (TPSA) is 45.2 Å². The minimum Gasteiger partial charge on any atom is -0.352 e. The molecular weight excluding hydrogens is 246 g/mol. The fourth-order valence-electron chi connectivity index (χ4n) is 3.03. The summed E-state index contributed by atoms with van der Waals surface area (Å²) in [4.78, 5) is 19.7. The van der Waals surface area contributed by atoms with E-state index in [9.17, 15) is 4.79 Å². The molecule has 0 bridgehead atoms. The molecule has 3 rings (SSSR count).